The molecule has 5 nitrogen and oxygen atoms in total. The lowest BCUT2D eigenvalue weighted by molar-refractivity contribution is 0.966. The maximum absolute atomic E-state index is 6.20. The Morgan fingerprint density at radius 1 is 1.00 bits per heavy atom. The quantitative estimate of drug-likeness (QED) is 0.518. The maximum Gasteiger partial charge on any atom is 0.162 e. The van der Waals surface area contributed by atoms with Crippen molar-refractivity contribution in [1.82, 2.24) is 20.2 Å². The standard InChI is InChI=1S/C20H16ClN5/c21-14-8-9-16-15(10-14)20(23-18-11-17(25-26-18)12-6-7-12)24-19(22-16)13-4-2-1-3-5-13/h1-5,8-12H,6-7H2,(H2,22,23,24,25,26). The van der Waals surface area contributed by atoms with Gasteiger partial charge in [0, 0.05) is 33.7 Å². The number of hydrogen-bond acceptors (Lipinski definition) is 4. The van der Waals surface area contributed by atoms with Crippen LogP contribution in [-0.4, -0.2) is 20.2 Å². The van der Waals surface area contributed by atoms with Gasteiger partial charge in [0.1, 0.15) is 5.82 Å². The minimum atomic E-state index is 0.620. The number of hydrogen-bond donors (Lipinski definition) is 2. The second kappa shape index (κ2) is 6.11. The lowest BCUT2D eigenvalue weighted by Crippen LogP contribution is -1.99. The molecule has 2 N–H and O–H groups in total. The van der Waals surface area contributed by atoms with E-state index in [4.69, 9.17) is 21.6 Å². The van der Waals surface area contributed by atoms with Crippen LogP contribution in [0.25, 0.3) is 22.3 Å². The van der Waals surface area contributed by atoms with Crippen molar-refractivity contribution in [3.8, 4) is 11.4 Å². The van der Waals surface area contributed by atoms with E-state index in [1.165, 1.54) is 18.5 Å². The van der Waals surface area contributed by atoms with Crippen molar-refractivity contribution >= 4 is 34.1 Å². The Kier molecular flexibility index (Phi) is 3.60. The van der Waals surface area contributed by atoms with Crippen molar-refractivity contribution < 1.29 is 0 Å². The maximum atomic E-state index is 6.20. The molecule has 0 bridgehead atoms. The molecule has 0 atom stereocenters. The smallest absolute Gasteiger partial charge is 0.162 e. The molecular weight excluding hydrogens is 346 g/mol. The molecule has 128 valence electrons. The number of nitrogens with one attached hydrogen (secondary N) is 2. The Bertz CT molecular complexity index is 1090. The van der Waals surface area contributed by atoms with Crippen LogP contribution in [0.4, 0.5) is 11.6 Å². The topological polar surface area (TPSA) is 66.5 Å². The molecule has 0 unspecified atom stereocenters. The van der Waals surface area contributed by atoms with Gasteiger partial charge < -0.3 is 5.32 Å². The summed E-state index contributed by atoms with van der Waals surface area (Å²) in [7, 11) is 0. The molecule has 2 aromatic heterocycles. The molecule has 1 fully saturated rings. The van der Waals surface area contributed by atoms with E-state index in [0.717, 1.165) is 22.3 Å². The molecule has 0 amide bonds. The molecule has 2 aromatic carbocycles. The van der Waals surface area contributed by atoms with Crippen LogP contribution in [0.5, 0.6) is 0 Å². The zero-order chi connectivity index (χ0) is 17.5. The number of nitrogens with zero attached hydrogens (tertiary/aromatic N) is 3. The average Bonchev–Trinajstić information content (AvgIpc) is 3.42. The van der Waals surface area contributed by atoms with Crippen molar-refractivity contribution in [2.75, 3.05) is 5.32 Å². The molecule has 1 aliphatic carbocycles. The number of anilines is 2. The van der Waals surface area contributed by atoms with Crippen LogP contribution in [0.2, 0.25) is 5.02 Å². The van der Waals surface area contributed by atoms with E-state index in [2.05, 4.69) is 21.6 Å². The highest BCUT2D eigenvalue weighted by Crippen LogP contribution is 2.40. The van der Waals surface area contributed by atoms with E-state index < -0.39 is 0 Å². The monoisotopic (exact) mass is 361 g/mol. The van der Waals surface area contributed by atoms with Gasteiger partial charge in [0.15, 0.2) is 11.6 Å². The van der Waals surface area contributed by atoms with Crippen LogP contribution >= 0.6 is 11.6 Å². The fraction of sp³-hybridized carbons (Fsp3) is 0.150. The van der Waals surface area contributed by atoms with E-state index in [0.29, 0.717) is 22.6 Å². The first-order valence-electron chi connectivity index (χ1n) is 8.61. The summed E-state index contributed by atoms with van der Waals surface area (Å²) in [6.45, 7) is 0. The Labute approximate surface area is 155 Å². The summed E-state index contributed by atoms with van der Waals surface area (Å²) < 4.78 is 0. The third-order valence-electron chi connectivity index (χ3n) is 4.55. The summed E-state index contributed by atoms with van der Waals surface area (Å²) in [5.41, 5.74) is 2.98. The molecule has 2 heterocycles. The summed E-state index contributed by atoms with van der Waals surface area (Å²) in [6.07, 6.45) is 2.46. The van der Waals surface area contributed by atoms with Gasteiger partial charge in [-0.25, -0.2) is 9.97 Å². The highest BCUT2D eigenvalue weighted by molar-refractivity contribution is 6.31. The molecule has 0 saturated heterocycles. The van der Waals surface area contributed by atoms with Crippen LogP contribution in [0, 0.1) is 0 Å². The van der Waals surface area contributed by atoms with Gasteiger partial charge in [-0.15, -0.1) is 0 Å². The van der Waals surface area contributed by atoms with Crippen LogP contribution in [0.15, 0.2) is 54.6 Å². The van der Waals surface area contributed by atoms with Gasteiger partial charge in [0.25, 0.3) is 0 Å². The minimum absolute atomic E-state index is 0.620. The summed E-state index contributed by atoms with van der Waals surface area (Å²) in [5, 5.41) is 12.3. The normalized spacial score (nSPS) is 13.9. The van der Waals surface area contributed by atoms with Crippen molar-refractivity contribution in [2.24, 2.45) is 0 Å². The van der Waals surface area contributed by atoms with E-state index in [1.54, 1.807) is 0 Å². The van der Waals surface area contributed by atoms with E-state index in [9.17, 15) is 0 Å². The fourth-order valence-electron chi connectivity index (χ4n) is 3.04. The Hall–Kier alpha value is -2.92. The third kappa shape index (κ3) is 2.91. The second-order valence-electron chi connectivity index (χ2n) is 6.53. The number of fused-ring (bicyclic) bond motifs is 1. The Morgan fingerprint density at radius 3 is 2.65 bits per heavy atom. The number of H-pyrrole nitrogens is 1. The Morgan fingerprint density at radius 2 is 1.85 bits per heavy atom. The molecule has 1 saturated carbocycles. The zero-order valence-electron chi connectivity index (χ0n) is 13.9. The van der Waals surface area contributed by atoms with Gasteiger partial charge >= 0.3 is 0 Å². The summed E-state index contributed by atoms with van der Waals surface area (Å²) in [5.74, 6) is 2.74. The summed E-state index contributed by atoms with van der Waals surface area (Å²) >= 11 is 6.20. The third-order valence-corrected chi connectivity index (χ3v) is 4.79. The molecule has 6 heteroatoms. The molecule has 0 spiro atoms. The van der Waals surface area contributed by atoms with Crippen LogP contribution < -0.4 is 5.32 Å². The van der Waals surface area contributed by atoms with Gasteiger partial charge in [-0.05, 0) is 31.0 Å². The van der Waals surface area contributed by atoms with Gasteiger partial charge in [-0.2, -0.15) is 5.10 Å². The zero-order valence-corrected chi connectivity index (χ0v) is 14.7. The predicted octanol–water partition coefficient (Wildman–Crippen LogP) is 5.29. The van der Waals surface area contributed by atoms with Gasteiger partial charge in [-0.3, -0.25) is 5.10 Å². The van der Waals surface area contributed by atoms with Crippen LogP contribution in [0.3, 0.4) is 0 Å². The number of benzene rings is 2. The van der Waals surface area contributed by atoms with Crippen molar-refractivity contribution in [3.63, 3.8) is 0 Å². The molecule has 1 aliphatic rings. The average molecular weight is 362 g/mol. The van der Waals surface area contributed by atoms with E-state index >= 15 is 0 Å². The molecule has 0 aliphatic heterocycles. The summed E-state index contributed by atoms with van der Waals surface area (Å²) in [4.78, 5) is 9.44. The molecule has 5 rings (SSSR count). The fourth-order valence-corrected chi connectivity index (χ4v) is 3.21. The van der Waals surface area contributed by atoms with Gasteiger partial charge in [-0.1, -0.05) is 41.9 Å². The SMILES string of the molecule is Clc1ccc2nc(-c3ccccc3)nc(Nc3cc(C4CC4)[nH]n3)c2c1. The second-order valence-corrected chi connectivity index (χ2v) is 6.97. The molecular formula is C20H16ClN5. The van der Waals surface area contributed by atoms with Crippen LogP contribution in [0.1, 0.15) is 24.5 Å². The number of rotatable bonds is 4. The molecule has 0 radical (unpaired) electrons. The van der Waals surface area contributed by atoms with Crippen LogP contribution in [-0.2, 0) is 0 Å². The minimum Gasteiger partial charge on any atom is -0.323 e. The van der Waals surface area contributed by atoms with Crippen molar-refractivity contribution in [2.45, 2.75) is 18.8 Å². The summed E-state index contributed by atoms with van der Waals surface area (Å²) in [6, 6.07) is 17.6. The predicted molar refractivity (Wildman–Crippen MR) is 104 cm³/mol. The van der Waals surface area contributed by atoms with Crippen molar-refractivity contribution in [1.29, 1.82) is 0 Å². The van der Waals surface area contributed by atoms with Gasteiger partial charge in [0.05, 0.1) is 5.52 Å². The lowest BCUT2D eigenvalue weighted by Gasteiger charge is -2.10. The lowest BCUT2D eigenvalue weighted by atomic mass is 10.2. The number of aromatic amines is 1. The Balaban J connectivity index is 1.61. The van der Waals surface area contributed by atoms with Crippen molar-refractivity contribution in [3.05, 3.63) is 65.3 Å². The molecule has 26 heavy (non-hydrogen) atoms. The highest BCUT2D eigenvalue weighted by Gasteiger charge is 2.25. The van der Waals surface area contributed by atoms with E-state index in [-0.39, 0.29) is 0 Å². The first kappa shape index (κ1) is 15.3. The first-order valence-corrected chi connectivity index (χ1v) is 8.99. The highest BCUT2D eigenvalue weighted by atomic mass is 35.5. The van der Waals surface area contributed by atoms with E-state index in [1.807, 2.05) is 48.5 Å². The molecule has 4 aromatic rings. The van der Waals surface area contributed by atoms with Gasteiger partial charge in [0.2, 0.25) is 0 Å². The first-order chi connectivity index (χ1) is 12.8. The number of aromatic nitrogens is 4. The number of halogens is 1. The largest absolute Gasteiger partial charge is 0.323 e.